The molecule has 2 atom stereocenters. The highest BCUT2D eigenvalue weighted by Gasteiger charge is 2.42. The van der Waals surface area contributed by atoms with Crippen molar-refractivity contribution in [3.63, 3.8) is 0 Å². The molecule has 0 N–H and O–H groups in total. The van der Waals surface area contributed by atoms with Gasteiger partial charge in [0.1, 0.15) is 6.79 Å². The number of hydrogen-bond acceptors (Lipinski definition) is 3. The average molecular weight is 298 g/mol. The molecule has 1 rings (SSSR count). The molecule has 0 saturated heterocycles. The third-order valence-electron chi connectivity index (χ3n) is 4.37. The van der Waals surface area contributed by atoms with E-state index in [1.54, 1.807) is 7.11 Å². The third-order valence-corrected chi connectivity index (χ3v) is 8.87. The molecule has 1 aliphatic rings. The molecule has 1 aliphatic carbocycles. The van der Waals surface area contributed by atoms with Crippen LogP contribution in [0.1, 0.15) is 33.6 Å². The number of ether oxygens (including phenoxy) is 2. The molecular weight excluding hydrogens is 268 g/mol. The summed E-state index contributed by atoms with van der Waals surface area (Å²) in [6, 6.07) is 0. The van der Waals surface area contributed by atoms with E-state index < -0.39 is 8.32 Å². The van der Waals surface area contributed by atoms with Crippen LogP contribution in [0.25, 0.3) is 0 Å². The summed E-state index contributed by atoms with van der Waals surface area (Å²) in [5, 5.41) is 0.220. The molecule has 3 nitrogen and oxygen atoms in total. The van der Waals surface area contributed by atoms with Crippen molar-refractivity contribution in [2.75, 3.05) is 13.9 Å². The van der Waals surface area contributed by atoms with Crippen molar-refractivity contribution in [2.45, 2.75) is 63.5 Å². The Morgan fingerprint density at radius 2 is 2.05 bits per heavy atom. The summed E-state index contributed by atoms with van der Waals surface area (Å²) in [5.41, 5.74) is -0.315. The van der Waals surface area contributed by atoms with E-state index in [1.807, 2.05) is 6.08 Å². The van der Waals surface area contributed by atoms with Crippen molar-refractivity contribution in [2.24, 2.45) is 0 Å². The minimum atomic E-state index is -1.75. The van der Waals surface area contributed by atoms with Gasteiger partial charge in [0, 0.05) is 13.5 Å². The molecule has 0 spiro atoms. The molecule has 0 radical (unpaired) electrons. The molecule has 0 fully saturated rings. The van der Waals surface area contributed by atoms with Gasteiger partial charge in [0.05, 0.1) is 11.7 Å². The van der Waals surface area contributed by atoms with Crippen LogP contribution in [0.3, 0.4) is 0 Å². The molecule has 0 aromatic rings. The Hall–Kier alpha value is -0.423. The molecule has 2 unspecified atom stereocenters. The maximum absolute atomic E-state index is 6.44. The van der Waals surface area contributed by atoms with E-state index in [2.05, 4.69) is 52.6 Å². The molecule has 0 bridgehead atoms. The van der Waals surface area contributed by atoms with Gasteiger partial charge in [0.15, 0.2) is 8.32 Å². The Labute approximate surface area is 125 Å². The average Bonchev–Trinajstić information content (AvgIpc) is 2.68. The van der Waals surface area contributed by atoms with E-state index in [0.29, 0.717) is 6.79 Å². The number of methoxy groups -OCH3 is 1. The molecule has 0 saturated carbocycles. The Morgan fingerprint density at radius 3 is 2.55 bits per heavy atom. The fourth-order valence-corrected chi connectivity index (χ4v) is 3.41. The topological polar surface area (TPSA) is 27.7 Å². The summed E-state index contributed by atoms with van der Waals surface area (Å²) in [6.45, 7) is 15.5. The molecule has 0 aromatic heterocycles. The van der Waals surface area contributed by atoms with E-state index >= 15 is 0 Å². The summed E-state index contributed by atoms with van der Waals surface area (Å²) in [7, 11) is -0.108. The second-order valence-electron chi connectivity index (χ2n) is 7.09. The Balaban J connectivity index is 2.70. The lowest BCUT2D eigenvalue weighted by molar-refractivity contribution is -0.111. The minimum absolute atomic E-state index is 0.132. The highest BCUT2D eigenvalue weighted by Crippen LogP contribution is 2.40. The van der Waals surface area contributed by atoms with Gasteiger partial charge in [-0.05, 0) is 24.6 Å². The van der Waals surface area contributed by atoms with Gasteiger partial charge < -0.3 is 13.9 Å². The van der Waals surface area contributed by atoms with Gasteiger partial charge in [0.25, 0.3) is 0 Å². The number of rotatable bonds is 7. The van der Waals surface area contributed by atoms with E-state index in [0.717, 1.165) is 12.8 Å². The molecule has 4 heteroatoms. The lowest BCUT2D eigenvalue weighted by Gasteiger charge is -2.39. The van der Waals surface area contributed by atoms with Crippen molar-refractivity contribution in [1.29, 1.82) is 0 Å². The molecule has 20 heavy (non-hydrogen) atoms. The SMILES string of the molecule is C=CCC1(OCOC)C=CC(O[Si](C)(C)C(C)(C)C)C1. The van der Waals surface area contributed by atoms with Gasteiger partial charge in [0.2, 0.25) is 0 Å². The van der Waals surface area contributed by atoms with Crippen LogP contribution in [0.2, 0.25) is 18.1 Å². The van der Waals surface area contributed by atoms with Crippen molar-refractivity contribution >= 4 is 8.32 Å². The first-order valence-corrected chi connectivity index (χ1v) is 10.2. The third kappa shape index (κ3) is 4.28. The van der Waals surface area contributed by atoms with Crippen LogP contribution in [-0.4, -0.2) is 33.9 Å². The van der Waals surface area contributed by atoms with Gasteiger partial charge >= 0.3 is 0 Å². The summed E-state index contributed by atoms with van der Waals surface area (Å²) >= 11 is 0. The second-order valence-corrected chi connectivity index (χ2v) is 11.8. The molecule has 0 amide bonds. The van der Waals surface area contributed by atoms with Gasteiger partial charge in [-0.3, -0.25) is 0 Å². The summed E-state index contributed by atoms with van der Waals surface area (Å²) in [4.78, 5) is 0. The van der Waals surface area contributed by atoms with Gasteiger partial charge in [-0.1, -0.05) is 39.0 Å². The normalized spacial score (nSPS) is 27.0. The van der Waals surface area contributed by atoms with Crippen LogP contribution in [-0.2, 0) is 13.9 Å². The van der Waals surface area contributed by atoms with E-state index in [9.17, 15) is 0 Å². The maximum Gasteiger partial charge on any atom is 0.192 e. The summed E-state index contributed by atoms with van der Waals surface area (Å²) in [6.07, 6.45) is 7.91. The van der Waals surface area contributed by atoms with Crippen LogP contribution in [0.5, 0.6) is 0 Å². The first kappa shape index (κ1) is 17.6. The van der Waals surface area contributed by atoms with E-state index in [4.69, 9.17) is 13.9 Å². The van der Waals surface area contributed by atoms with E-state index in [-0.39, 0.29) is 16.7 Å². The lowest BCUT2D eigenvalue weighted by Crippen LogP contribution is -2.44. The first-order chi connectivity index (χ1) is 9.16. The zero-order chi connectivity index (χ0) is 15.4. The van der Waals surface area contributed by atoms with Gasteiger partial charge in [-0.25, -0.2) is 0 Å². The molecular formula is C16H30O3Si. The second kappa shape index (κ2) is 6.56. The zero-order valence-electron chi connectivity index (χ0n) is 13.9. The predicted molar refractivity (Wildman–Crippen MR) is 86.3 cm³/mol. The Bertz CT molecular complexity index is 357. The molecule has 116 valence electrons. The number of hydrogen-bond donors (Lipinski definition) is 0. The zero-order valence-corrected chi connectivity index (χ0v) is 14.9. The monoisotopic (exact) mass is 298 g/mol. The predicted octanol–water partition coefficient (Wildman–Crippen LogP) is 4.27. The highest BCUT2D eigenvalue weighted by molar-refractivity contribution is 6.74. The Kier molecular flexibility index (Phi) is 5.78. The van der Waals surface area contributed by atoms with Crippen LogP contribution in [0.4, 0.5) is 0 Å². The van der Waals surface area contributed by atoms with Gasteiger partial charge in [-0.2, -0.15) is 0 Å². The van der Waals surface area contributed by atoms with Crippen LogP contribution >= 0.6 is 0 Å². The van der Waals surface area contributed by atoms with Crippen molar-refractivity contribution < 1.29 is 13.9 Å². The molecule has 0 heterocycles. The maximum atomic E-state index is 6.44. The van der Waals surface area contributed by atoms with Crippen molar-refractivity contribution in [3.8, 4) is 0 Å². The Morgan fingerprint density at radius 1 is 1.40 bits per heavy atom. The summed E-state index contributed by atoms with van der Waals surface area (Å²) in [5.74, 6) is 0. The smallest absolute Gasteiger partial charge is 0.192 e. The van der Waals surface area contributed by atoms with Crippen LogP contribution < -0.4 is 0 Å². The van der Waals surface area contributed by atoms with E-state index in [1.165, 1.54) is 0 Å². The first-order valence-electron chi connectivity index (χ1n) is 7.27. The van der Waals surface area contributed by atoms with Gasteiger partial charge in [-0.15, -0.1) is 6.58 Å². The highest BCUT2D eigenvalue weighted by atomic mass is 28.4. The molecule has 0 aromatic carbocycles. The lowest BCUT2D eigenvalue weighted by atomic mass is 9.98. The van der Waals surface area contributed by atoms with Crippen LogP contribution in [0.15, 0.2) is 24.8 Å². The van der Waals surface area contributed by atoms with Crippen molar-refractivity contribution in [1.82, 2.24) is 0 Å². The quantitative estimate of drug-likeness (QED) is 0.399. The van der Waals surface area contributed by atoms with Crippen molar-refractivity contribution in [3.05, 3.63) is 24.8 Å². The standard InChI is InChI=1S/C16H30O3Si/c1-8-10-16(18-13-17-5)11-9-14(12-16)19-20(6,7)15(2,3)4/h8-9,11,14H,1,10,12-13H2,2-7H3. The summed E-state index contributed by atoms with van der Waals surface area (Å²) < 4.78 is 17.4. The van der Waals surface area contributed by atoms with Crippen LogP contribution in [0, 0.1) is 0 Å². The fourth-order valence-electron chi connectivity index (χ4n) is 2.13. The largest absolute Gasteiger partial charge is 0.410 e. The molecule has 0 aliphatic heterocycles. The fraction of sp³-hybridized carbons (Fsp3) is 0.750. The minimum Gasteiger partial charge on any atom is -0.410 e.